The van der Waals surface area contributed by atoms with Gasteiger partial charge in [-0.3, -0.25) is 4.79 Å². The van der Waals surface area contributed by atoms with Gasteiger partial charge in [0.25, 0.3) is 5.91 Å². The SMILES string of the molecule is Cn1cc(C#N)cc1C(=O)NC(CO)c1ccc(Cl)cc1. The fraction of sp³-hybridized carbons (Fsp3) is 0.200. The summed E-state index contributed by atoms with van der Waals surface area (Å²) in [5.41, 5.74) is 1.53. The van der Waals surface area contributed by atoms with E-state index in [2.05, 4.69) is 5.32 Å². The summed E-state index contributed by atoms with van der Waals surface area (Å²) in [5.74, 6) is -0.354. The quantitative estimate of drug-likeness (QED) is 0.907. The first-order chi connectivity index (χ1) is 10.0. The Morgan fingerprint density at radius 3 is 2.67 bits per heavy atom. The number of aryl methyl sites for hydroxylation is 1. The smallest absolute Gasteiger partial charge is 0.268 e. The highest BCUT2D eigenvalue weighted by Gasteiger charge is 2.17. The second kappa shape index (κ2) is 6.44. The molecule has 0 aliphatic carbocycles. The van der Waals surface area contributed by atoms with Gasteiger partial charge in [0.05, 0.1) is 18.2 Å². The molecule has 1 heterocycles. The molecular formula is C15H14ClN3O2. The van der Waals surface area contributed by atoms with Gasteiger partial charge < -0.3 is 15.0 Å². The number of hydrogen-bond donors (Lipinski definition) is 2. The van der Waals surface area contributed by atoms with Gasteiger partial charge in [0.1, 0.15) is 11.8 Å². The zero-order chi connectivity index (χ0) is 15.4. The molecule has 0 aliphatic rings. The monoisotopic (exact) mass is 303 g/mol. The van der Waals surface area contributed by atoms with Gasteiger partial charge in [0.15, 0.2) is 0 Å². The first-order valence-corrected chi connectivity index (χ1v) is 6.66. The third-order valence-corrected chi connectivity index (χ3v) is 3.38. The van der Waals surface area contributed by atoms with Crippen LogP contribution in [0.5, 0.6) is 0 Å². The van der Waals surface area contributed by atoms with Crippen LogP contribution in [0.15, 0.2) is 36.5 Å². The lowest BCUT2D eigenvalue weighted by Crippen LogP contribution is -2.31. The first kappa shape index (κ1) is 15.1. The average Bonchev–Trinajstić information content (AvgIpc) is 2.87. The van der Waals surface area contributed by atoms with Crippen molar-refractivity contribution in [3.8, 4) is 6.07 Å². The van der Waals surface area contributed by atoms with Crippen molar-refractivity contribution >= 4 is 17.5 Å². The van der Waals surface area contributed by atoms with Crippen molar-refractivity contribution < 1.29 is 9.90 Å². The van der Waals surface area contributed by atoms with Gasteiger partial charge in [0, 0.05) is 18.3 Å². The van der Waals surface area contributed by atoms with Crippen LogP contribution < -0.4 is 5.32 Å². The molecule has 1 amide bonds. The number of nitriles is 1. The van der Waals surface area contributed by atoms with E-state index in [9.17, 15) is 9.90 Å². The van der Waals surface area contributed by atoms with Crippen molar-refractivity contribution in [1.82, 2.24) is 9.88 Å². The van der Waals surface area contributed by atoms with E-state index >= 15 is 0 Å². The van der Waals surface area contributed by atoms with Crippen molar-refractivity contribution in [3.05, 3.63) is 58.4 Å². The zero-order valence-electron chi connectivity index (χ0n) is 11.4. The van der Waals surface area contributed by atoms with E-state index in [0.717, 1.165) is 5.56 Å². The maximum Gasteiger partial charge on any atom is 0.268 e. The summed E-state index contributed by atoms with van der Waals surface area (Å²) in [6.45, 7) is -0.233. The minimum atomic E-state index is -0.532. The summed E-state index contributed by atoms with van der Waals surface area (Å²) in [6.07, 6.45) is 1.57. The topological polar surface area (TPSA) is 78.0 Å². The summed E-state index contributed by atoms with van der Waals surface area (Å²) in [7, 11) is 1.69. The molecule has 2 aromatic rings. The van der Waals surface area contributed by atoms with Crippen molar-refractivity contribution in [2.24, 2.45) is 7.05 Å². The standard InChI is InChI=1S/C15H14ClN3O2/c1-19-8-10(7-17)6-14(19)15(21)18-13(9-20)11-2-4-12(16)5-3-11/h2-6,8,13,20H,9H2,1H3,(H,18,21). The molecule has 21 heavy (non-hydrogen) atoms. The highest BCUT2D eigenvalue weighted by molar-refractivity contribution is 6.30. The number of rotatable bonds is 4. The Kier molecular flexibility index (Phi) is 4.63. The molecule has 0 saturated heterocycles. The van der Waals surface area contributed by atoms with Crippen molar-refractivity contribution in [1.29, 1.82) is 5.26 Å². The second-order valence-corrected chi connectivity index (χ2v) is 5.03. The number of hydrogen-bond acceptors (Lipinski definition) is 3. The number of amides is 1. The van der Waals surface area contributed by atoms with Crippen LogP contribution in [-0.2, 0) is 7.05 Å². The van der Waals surface area contributed by atoms with Gasteiger partial charge in [-0.1, -0.05) is 23.7 Å². The fourth-order valence-electron chi connectivity index (χ4n) is 2.01. The maximum atomic E-state index is 12.2. The lowest BCUT2D eigenvalue weighted by Gasteiger charge is -2.17. The number of halogens is 1. The molecule has 1 aromatic carbocycles. The second-order valence-electron chi connectivity index (χ2n) is 4.60. The predicted octanol–water partition coefficient (Wildman–Crippen LogP) is 2.01. The van der Waals surface area contributed by atoms with Crippen LogP contribution in [0.3, 0.4) is 0 Å². The van der Waals surface area contributed by atoms with Crippen LogP contribution in [0.25, 0.3) is 0 Å². The van der Waals surface area contributed by atoms with E-state index in [0.29, 0.717) is 16.3 Å². The van der Waals surface area contributed by atoms with Gasteiger partial charge in [-0.15, -0.1) is 0 Å². The lowest BCUT2D eigenvalue weighted by molar-refractivity contribution is 0.0908. The fourth-order valence-corrected chi connectivity index (χ4v) is 2.14. The lowest BCUT2D eigenvalue weighted by atomic mass is 10.1. The highest BCUT2D eigenvalue weighted by Crippen LogP contribution is 2.17. The Morgan fingerprint density at radius 1 is 1.48 bits per heavy atom. The Hall–Kier alpha value is -2.29. The molecule has 108 valence electrons. The molecule has 1 atom stereocenters. The molecule has 0 fully saturated rings. The highest BCUT2D eigenvalue weighted by atomic mass is 35.5. The molecule has 0 spiro atoms. The van der Waals surface area contributed by atoms with Gasteiger partial charge in [-0.2, -0.15) is 5.26 Å². The van der Waals surface area contributed by atoms with Gasteiger partial charge in [-0.05, 0) is 23.8 Å². The first-order valence-electron chi connectivity index (χ1n) is 6.28. The van der Waals surface area contributed by atoms with Crippen LogP contribution in [0, 0.1) is 11.3 Å². The molecule has 0 aliphatic heterocycles. The molecule has 1 unspecified atom stereocenters. The summed E-state index contributed by atoms with van der Waals surface area (Å²) >= 11 is 5.82. The number of carbonyl (C=O) groups is 1. The Bertz CT molecular complexity index is 686. The summed E-state index contributed by atoms with van der Waals surface area (Å²) in [5, 5.41) is 21.6. The van der Waals surface area contributed by atoms with Crippen LogP contribution in [0.4, 0.5) is 0 Å². The van der Waals surface area contributed by atoms with E-state index in [1.165, 1.54) is 6.07 Å². The van der Waals surface area contributed by atoms with E-state index in [1.807, 2.05) is 6.07 Å². The maximum absolute atomic E-state index is 12.2. The molecule has 2 rings (SSSR count). The normalized spacial score (nSPS) is 11.7. The Labute approximate surface area is 127 Å². The predicted molar refractivity (Wildman–Crippen MR) is 78.9 cm³/mol. The van der Waals surface area contributed by atoms with E-state index in [1.54, 1.807) is 42.1 Å². The van der Waals surface area contributed by atoms with E-state index in [-0.39, 0.29) is 12.5 Å². The summed E-state index contributed by atoms with van der Waals surface area (Å²) < 4.78 is 1.57. The molecule has 0 saturated carbocycles. The Balaban J connectivity index is 2.18. The van der Waals surface area contributed by atoms with Crippen molar-refractivity contribution in [2.45, 2.75) is 6.04 Å². The largest absolute Gasteiger partial charge is 0.394 e. The van der Waals surface area contributed by atoms with Crippen molar-refractivity contribution in [2.75, 3.05) is 6.61 Å². The molecule has 0 bridgehead atoms. The minimum Gasteiger partial charge on any atom is -0.394 e. The average molecular weight is 304 g/mol. The van der Waals surface area contributed by atoms with E-state index in [4.69, 9.17) is 16.9 Å². The van der Waals surface area contributed by atoms with Crippen LogP contribution in [0.2, 0.25) is 5.02 Å². The van der Waals surface area contributed by atoms with Crippen LogP contribution >= 0.6 is 11.6 Å². The van der Waals surface area contributed by atoms with Gasteiger partial charge in [0.2, 0.25) is 0 Å². The number of aliphatic hydroxyl groups excluding tert-OH is 1. The third kappa shape index (κ3) is 3.43. The Morgan fingerprint density at radius 2 is 2.14 bits per heavy atom. The number of benzene rings is 1. The minimum absolute atomic E-state index is 0.233. The summed E-state index contributed by atoms with van der Waals surface area (Å²) in [4.78, 5) is 12.2. The molecule has 2 N–H and O–H groups in total. The molecular weight excluding hydrogens is 290 g/mol. The number of aromatic nitrogens is 1. The number of aliphatic hydroxyl groups is 1. The van der Waals surface area contributed by atoms with E-state index < -0.39 is 6.04 Å². The van der Waals surface area contributed by atoms with Crippen LogP contribution in [-0.4, -0.2) is 22.2 Å². The van der Waals surface area contributed by atoms with Crippen molar-refractivity contribution in [3.63, 3.8) is 0 Å². The summed E-state index contributed by atoms with van der Waals surface area (Å²) in [6, 6.07) is 9.84. The molecule has 1 aromatic heterocycles. The number of nitrogens with zero attached hydrogens (tertiary/aromatic N) is 2. The van der Waals surface area contributed by atoms with Gasteiger partial charge in [-0.25, -0.2) is 0 Å². The van der Waals surface area contributed by atoms with Gasteiger partial charge >= 0.3 is 0 Å². The van der Waals surface area contributed by atoms with Crippen LogP contribution in [0.1, 0.15) is 27.7 Å². The molecule has 5 nitrogen and oxygen atoms in total. The number of nitrogens with one attached hydrogen (secondary N) is 1. The zero-order valence-corrected chi connectivity index (χ0v) is 12.1. The third-order valence-electron chi connectivity index (χ3n) is 3.13. The molecule has 6 heteroatoms. The molecule has 0 radical (unpaired) electrons. The number of carbonyl (C=O) groups excluding carboxylic acids is 1.